The molecule has 0 aromatic rings. The van der Waals surface area contributed by atoms with Gasteiger partial charge in [0.1, 0.15) is 0 Å². The first-order valence-corrected chi connectivity index (χ1v) is 7.13. The van der Waals surface area contributed by atoms with Crippen LogP contribution >= 0.6 is 0 Å². The number of carboxylic acids is 1. The lowest BCUT2D eigenvalue weighted by molar-refractivity contribution is -0.428. The van der Waals surface area contributed by atoms with Crippen molar-refractivity contribution in [2.75, 3.05) is 0 Å². The average molecular weight is 271 g/mol. The summed E-state index contributed by atoms with van der Waals surface area (Å²) < 4.78 is 0. The van der Waals surface area contributed by atoms with Gasteiger partial charge in [-0.15, -0.1) is 0 Å². The van der Waals surface area contributed by atoms with Gasteiger partial charge in [-0.1, -0.05) is 32.6 Å². The quantitative estimate of drug-likeness (QED) is 0.328. The lowest BCUT2D eigenvalue weighted by Crippen LogP contribution is -1.99. The first-order chi connectivity index (χ1) is 9.07. The highest BCUT2D eigenvalue weighted by Crippen LogP contribution is 2.13. The topological polar surface area (TPSA) is 80.4 Å². The third-order valence-corrected chi connectivity index (χ3v) is 3.00. The monoisotopic (exact) mass is 271 g/mol. The molecule has 0 aliphatic heterocycles. The van der Waals surface area contributed by atoms with Crippen molar-refractivity contribution >= 4 is 5.97 Å². The first kappa shape index (κ1) is 17.6. The Hall–Kier alpha value is -1.39. The van der Waals surface area contributed by atoms with E-state index in [4.69, 9.17) is 5.11 Å². The third-order valence-electron chi connectivity index (χ3n) is 3.00. The minimum Gasteiger partial charge on any atom is -0.481 e. The van der Waals surface area contributed by atoms with E-state index >= 15 is 0 Å². The molecule has 0 saturated carbocycles. The Bertz CT molecular complexity index is 300. The maximum atomic E-state index is 10.8. The van der Waals surface area contributed by atoms with Gasteiger partial charge in [-0.05, 0) is 31.8 Å². The Morgan fingerprint density at radius 1 is 1.11 bits per heavy atom. The van der Waals surface area contributed by atoms with Gasteiger partial charge in [0.25, 0.3) is 0 Å². The fourth-order valence-electron chi connectivity index (χ4n) is 1.87. The van der Waals surface area contributed by atoms with Crippen LogP contribution in [-0.2, 0) is 4.79 Å². The number of nitrogens with zero attached hydrogens (tertiary/aromatic N) is 1. The van der Waals surface area contributed by atoms with E-state index in [9.17, 15) is 14.9 Å². The van der Waals surface area contributed by atoms with Crippen LogP contribution in [0, 0.1) is 10.1 Å². The number of allylic oxidation sites excluding steroid dienone is 2. The summed E-state index contributed by atoms with van der Waals surface area (Å²) in [4.78, 5) is 20.8. The van der Waals surface area contributed by atoms with Crippen molar-refractivity contribution < 1.29 is 14.8 Å². The second kappa shape index (κ2) is 11.7. The molecule has 0 saturated heterocycles. The number of hydrogen-bond donors (Lipinski definition) is 1. The highest BCUT2D eigenvalue weighted by atomic mass is 16.6. The Labute approximate surface area is 114 Å². The van der Waals surface area contributed by atoms with Crippen molar-refractivity contribution in [3.05, 3.63) is 21.9 Å². The molecule has 0 aromatic heterocycles. The van der Waals surface area contributed by atoms with Crippen LogP contribution < -0.4 is 0 Å². The van der Waals surface area contributed by atoms with Crippen LogP contribution in [0.15, 0.2) is 11.8 Å². The van der Waals surface area contributed by atoms with Crippen molar-refractivity contribution in [2.45, 2.75) is 71.1 Å². The molecule has 0 amide bonds. The zero-order valence-corrected chi connectivity index (χ0v) is 11.8. The molecule has 0 rings (SSSR count). The number of carbonyl (C=O) groups is 1. The van der Waals surface area contributed by atoms with Gasteiger partial charge in [0.2, 0.25) is 5.70 Å². The normalized spacial score (nSPS) is 11.5. The zero-order chi connectivity index (χ0) is 14.5. The van der Waals surface area contributed by atoms with Gasteiger partial charge in [-0.25, -0.2) is 0 Å². The Morgan fingerprint density at radius 3 is 2.32 bits per heavy atom. The van der Waals surface area contributed by atoms with Crippen LogP contribution in [0.3, 0.4) is 0 Å². The van der Waals surface area contributed by atoms with E-state index in [1.165, 1.54) is 0 Å². The SMILES string of the molecule is CCCCCCC(=CCCCCCC(=O)O)[N+](=O)[O-]. The molecule has 5 heteroatoms. The summed E-state index contributed by atoms with van der Waals surface area (Å²) in [5, 5.41) is 19.3. The minimum atomic E-state index is -0.780. The number of carboxylic acid groups (broad SMARTS) is 1. The highest BCUT2D eigenvalue weighted by molar-refractivity contribution is 5.66. The second-order valence-corrected chi connectivity index (χ2v) is 4.76. The lowest BCUT2D eigenvalue weighted by Gasteiger charge is -2.00. The summed E-state index contributed by atoms with van der Waals surface area (Å²) in [6.45, 7) is 2.11. The van der Waals surface area contributed by atoms with E-state index in [1.807, 2.05) is 0 Å². The van der Waals surface area contributed by atoms with E-state index in [1.54, 1.807) is 6.08 Å². The van der Waals surface area contributed by atoms with E-state index in [-0.39, 0.29) is 11.3 Å². The van der Waals surface area contributed by atoms with Crippen molar-refractivity contribution in [2.24, 2.45) is 0 Å². The Kier molecular flexibility index (Phi) is 10.8. The molecular weight excluding hydrogens is 246 g/mol. The van der Waals surface area contributed by atoms with Crippen LogP contribution in [0.1, 0.15) is 71.1 Å². The van der Waals surface area contributed by atoms with Crippen LogP contribution in [0.4, 0.5) is 0 Å². The van der Waals surface area contributed by atoms with E-state index in [2.05, 4.69) is 6.92 Å². The van der Waals surface area contributed by atoms with E-state index in [0.717, 1.165) is 38.5 Å². The molecule has 0 radical (unpaired) electrons. The maximum Gasteiger partial charge on any atom is 0.303 e. The lowest BCUT2D eigenvalue weighted by atomic mass is 10.1. The fourth-order valence-corrected chi connectivity index (χ4v) is 1.87. The van der Waals surface area contributed by atoms with Gasteiger partial charge < -0.3 is 5.11 Å². The summed E-state index contributed by atoms with van der Waals surface area (Å²) in [5.41, 5.74) is 0.314. The van der Waals surface area contributed by atoms with Gasteiger partial charge in [0, 0.05) is 12.8 Å². The molecule has 0 aliphatic rings. The van der Waals surface area contributed by atoms with Gasteiger partial charge in [0.15, 0.2) is 0 Å². The average Bonchev–Trinajstić information content (AvgIpc) is 2.35. The van der Waals surface area contributed by atoms with Gasteiger partial charge in [0.05, 0.1) is 4.92 Å². The van der Waals surface area contributed by atoms with E-state index < -0.39 is 5.97 Å². The zero-order valence-electron chi connectivity index (χ0n) is 11.8. The van der Waals surface area contributed by atoms with Gasteiger partial charge >= 0.3 is 5.97 Å². The molecule has 5 nitrogen and oxygen atoms in total. The fraction of sp³-hybridized carbons (Fsp3) is 0.786. The van der Waals surface area contributed by atoms with Gasteiger partial charge in [-0.2, -0.15) is 0 Å². The van der Waals surface area contributed by atoms with Gasteiger partial charge in [-0.3, -0.25) is 14.9 Å². The van der Waals surface area contributed by atoms with Crippen LogP contribution in [0.2, 0.25) is 0 Å². The number of rotatable bonds is 12. The molecule has 0 aliphatic carbocycles. The predicted molar refractivity (Wildman–Crippen MR) is 74.6 cm³/mol. The van der Waals surface area contributed by atoms with Crippen molar-refractivity contribution in [3.8, 4) is 0 Å². The number of nitro groups is 1. The molecule has 0 unspecified atom stereocenters. The van der Waals surface area contributed by atoms with Crippen LogP contribution in [0.5, 0.6) is 0 Å². The summed E-state index contributed by atoms with van der Waals surface area (Å²) in [6, 6.07) is 0. The smallest absolute Gasteiger partial charge is 0.303 e. The standard InChI is InChI=1S/C14H25NO4/c1-2-3-4-7-10-13(15(18)19)11-8-5-6-9-12-14(16)17/h11H,2-10,12H2,1H3,(H,16,17). The van der Waals surface area contributed by atoms with Crippen LogP contribution in [0.25, 0.3) is 0 Å². The molecule has 0 bridgehead atoms. The second-order valence-electron chi connectivity index (χ2n) is 4.76. The summed E-state index contributed by atoms with van der Waals surface area (Å²) in [7, 11) is 0. The number of unbranched alkanes of at least 4 members (excludes halogenated alkanes) is 6. The summed E-state index contributed by atoms with van der Waals surface area (Å²) in [5.74, 6) is -0.780. The molecule has 19 heavy (non-hydrogen) atoms. The molecule has 0 fully saturated rings. The summed E-state index contributed by atoms with van der Waals surface area (Å²) in [6.07, 6.45) is 9.54. The van der Waals surface area contributed by atoms with Crippen molar-refractivity contribution in [1.82, 2.24) is 0 Å². The van der Waals surface area contributed by atoms with Crippen molar-refractivity contribution in [1.29, 1.82) is 0 Å². The molecule has 0 aromatic carbocycles. The summed E-state index contributed by atoms with van der Waals surface area (Å²) >= 11 is 0. The predicted octanol–water partition coefficient (Wildman–Crippen LogP) is 4.15. The maximum absolute atomic E-state index is 10.8. The number of hydrogen-bond acceptors (Lipinski definition) is 3. The molecular formula is C14H25NO4. The molecule has 0 heterocycles. The molecule has 110 valence electrons. The minimum absolute atomic E-state index is 0.183. The molecule has 0 spiro atoms. The first-order valence-electron chi connectivity index (χ1n) is 7.13. The molecule has 1 N–H and O–H groups in total. The third kappa shape index (κ3) is 11.4. The largest absolute Gasteiger partial charge is 0.481 e. The van der Waals surface area contributed by atoms with E-state index in [0.29, 0.717) is 25.0 Å². The molecule has 0 atom stereocenters. The highest BCUT2D eigenvalue weighted by Gasteiger charge is 2.09. The Morgan fingerprint density at radius 2 is 1.74 bits per heavy atom. The van der Waals surface area contributed by atoms with Crippen LogP contribution in [-0.4, -0.2) is 16.0 Å². The number of aliphatic carboxylic acids is 1. The Balaban J connectivity index is 3.80. The van der Waals surface area contributed by atoms with Crippen molar-refractivity contribution in [3.63, 3.8) is 0 Å².